The molecule has 1 saturated heterocycles. The number of para-hydroxylation sites is 2. The second-order valence-electron chi connectivity index (χ2n) is 4.59. The standard InChI is InChI=1S/C13H17N3O/c1-9(14-10-6-7-17-8-10)13-15-11-4-2-3-5-12(11)16-13/h2-5,9-10,14H,6-8H2,1H3,(H,15,16). The zero-order chi connectivity index (χ0) is 11.7. The quantitative estimate of drug-likeness (QED) is 0.849. The average Bonchev–Trinajstić information content (AvgIpc) is 2.96. The third-order valence-corrected chi connectivity index (χ3v) is 3.23. The van der Waals surface area contributed by atoms with E-state index < -0.39 is 0 Å². The summed E-state index contributed by atoms with van der Waals surface area (Å²) in [6.45, 7) is 3.81. The molecule has 0 amide bonds. The van der Waals surface area contributed by atoms with Gasteiger partial charge in [-0.3, -0.25) is 0 Å². The predicted octanol–water partition coefficient (Wildman–Crippen LogP) is 2.00. The Bertz CT molecular complexity index is 469. The summed E-state index contributed by atoms with van der Waals surface area (Å²) in [5, 5.41) is 3.54. The van der Waals surface area contributed by atoms with Crippen LogP contribution < -0.4 is 5.32 Å². The Hall–Kier alpha value is -1.39. The maximum absolute atomic E-state index is 5.36. The van der Waals surface area contributed by atoms with Gasteiger partial charge in [-0.05, 0) is 25.5 Å². The number of rotatable bonds is 3. The number of aromatic nitrogens is 2. The summed E-state index contributed by atoms with van der Waals surface area (Å²) in [4.78, 5) is 7.95. The third kappa shape index (κ3) is 2.18. The lowest BCUT2D eigenvalue weighted by molar-refractivity contribution is 0.188. The van der Waals surface area contributed by atoms with Crippen molar-refractivity contribution in [2.24, 2.45) is 0 Å². The highest BCUT2D eigenvalue weighted by Gasteiger charge is 2.19. The van der Waals surface area contributed by atoms with Crippen LogP contribution >= 0.6 is 0 Å². The highest BCUT2D eigenvalue weighted by atomic mass is 16.5. The molecule has 1 aliphatic heterocycles. The molecular weight excluding hydrogens is 214 g/mol. The first-order valence-electron chi connectivity index (χ1n) is 6.11. The van der Waals surface area contributed by atoms with Gasteiger partial charge in [0.2, 0.25) is 0 Å². The molecule has 4 nitrogen and oxygen atoms in total. The van der Waals surface area contributed by atoms with E-state index in [0.29, 0.717) is 6.04 Å². The van der Waals surface area contributed by atoms with Crippen LogP contribution in [0.3, 0.4) is 0 Å². The number of nitrogens with zero attached hydrogens (tertiary/aromatic N) is 1. The van der Waals surface area contributed by atoms with Crippen LogP contribution in [0.25, 0.3) is 11.0 Å². The second kappa shape index (κ2) is 4.47. The van der Waals surface area contributed by atoms with E-state index in [1.54, 1.807) is 0 Å². The van der Waals surface area contributed by atoms with Crippen molar-refractivity contribution in [2.45, 2.75) is 25.4 Å². The predicted molar refractivity (Wildman–Crippen MR) is 66.9 cm³/mol. The van der Waals surface area contributed by atoms with Crippen molar-refractivity contribution in [3.8, 4) is 0 Å². The SMILES string of the molecule is CC(NC1CCOC1)c1nc2ccccc2[nH]1. The number of imidazole rings is 1. The van der Waals surface area contributed by atoms with Gasteiger partial charge in [0.05, 0.1) is 23.7 Å². The third-order valence-electron chi connectivity index (χ3n) is 3.23. The lowest BCUT2D eigenvalue weighted by Gasteiger charge is -2.15. The first kappa shape index (κ1) is 10.7. The number of hydrogen-bond donors (Lipinski definition) is 2. The van der Waals surface area contributed by atoms with Crippen LogP contribution in [0.4, 0.5) is 0 Å². The molecule has 0 aliphatic carbocycles. The van der Waals surface area contributed by atoms with Crippen LogP contribution in [0.15, 0.2) is 24.3 Å². The van der Waals surface area contributed by atoms with Crippen molar-refractivity contribution in [3.63, 3.8) is 0 Å². The number of hydrogen-bond acceptors (Lipinski definition) is 3. The number of nitrogens with one attached hydrogen (secondary N) is 2. The zero-order valence-corrected chi connectivity index (χ0v) is 9.94. The van der Waals surface area contributed by atoms with Gasteiger partial charge in [0.25, 0.3) is 0 Å². The van der Waals surface area contributed by atoms with Crippen molar-refractivity contribution < 1.29 is 4.74 Å². The van der Waals surface area contributed by atoms with E-state index in [1.807, 2.05) is 18.2 Å². The molecule has 2 aromatic rings. The highest BCUT2D eigenvalue weighted by Crippen LogP contribution is 2.17. The molecule has 1 aromatic heterocycles. The van der Waals surface area contributed by atoms with Crippen LogP contribution in [-0.4, -0.2) is 29.2 Å². The zero-order valence-electron chi connectivity index (χ0n) is 9.94. The molecule has 2 atom stereocenters. The molecule has 2 N–H and O–H groups in total. The Morgan fingerprint density at radius 1 is 1.47 bits per heavy atom. The van der Waals surface area contributed by atoms with Gasteiger partial charge >= 0.3 is 0 Å². The molecule has 2 heterocycles. The monoisotopic (exact) mass is 231 g/mol. The summed E-state index contributed by atoms with van der Waals surface area (Å²) < 4.78 is 5.36. The number of H-pyrrole nitrogens is 1. The minimum Gasteiger partial charge on any atom is -0.380 e. The van der Waals surface area contributed by atoms with E-state index in [-0.39, 0.29) is 6.04 Å². The van der Waals surface area contributed by atoms with Gasteiger partial charge in [-0.2, -0.15) is 0 Å². The van der Waals surface area contributed by atoms with Gasteiger partial charge in [0.1, 0.15) is 5.82 Å². The van der Waals surface area contributed by atoms with E-state index in [2.05, 4.69) is 28.3 Å². The van der Waals surface area contributed by atoms with Crippen LogP contribution in [0.2, 0.25) is 0 Å². The Morgan fingerprint density at radius 3 is 3.12 bits per heavy atom. The Morgan fingerprint density at radius 2 is 2.35 bits per heavy atom. The lowest BCUT2D eigenvalue weighted by atomic mass is 10.2. The average molecular weight is 231 g/mol. The minimum absolute atomic E-state index is 0.231. The summed E-state index contributed by atoms with van der Waals surface area (Å²) in [6.07, 6.45) is 1.09. The first-order chi connectivity index (χ1) is 8.33. The number of benzene rings is 1. The van der Waals surface area contributed by atoms with Gasteiger partial charge in [0.15, 0.2) is 0 Å². The van der Waals surface area contributed by atoms with E-state index in [4.69, 9.17) is 4.74 Å². The van der Waals surface area contributed by atoms with E-state index in [1.165, 1.54) is 0 Å². The molecular formula is C13H17N3O. The molecule has 1 aromatic carbocycles. The molecule has 0 saturated carbocycles. The van der Waals surface area contributed by atoms with Crippen LogP contribution in [0.1, 0.15) is 25.2 Å². The van der Waals surface area contributed by atoms with E-state index in [0.717, 1.165) is 36.5 Å². The maximum atomic E-state index is 5.36. The Labute approximate surface area is 100 Å². The van der Waals surface area contributed by atoms with Crippen molar-refractivity contribution in [2.75, 3.05) is 13.2 Å². The fraction of sp³-hybridized carbons (Fsp3) is 0.462. The van der Waals surface area contributed by atoms with Crippen LogP contribution in [-0.2, 0) is 4.74 Å². The van der Waals surface area contributed by atoms with Crippen LogP contribution in [0.5, 0.6) is 0 Å². The van der Waals surface area contributed by atoms with Crippen LogP contribution in [0, 0.1) is 0 Å². The van der Waals surface area contributed by atoms with E-state index >= 15 is 0 Å². The molecule has 0 bridgehead atoms. The second-order valence-corrected chi connectivity index (χ2v) is 4.59. The molecule has 1 aliphatic rings. The number of aromatic amines is 1. The van der Waals surface area contributed by atoms with Crippen molar-refractivity contribution in [1.29, 1.82) is 0 Å². The topological polar surface area (TPSA) is 49.9 Å². The molecule has 2 unspecified atom stereocenters. The molecule has 17 heavy (non-hydrogen) atoms. The van der Waals surface area contributed by atoms with Gasteiger partial charge < -0.3 is 15.0 Å². The fourth-order valence-corrected chi connectivity index (χ4v) is 2.28. The molecule has 0 spiro atoms. The van der Waals surface area contributed by atoms with Gasteiger partial charge in [-0.1, -0.05) is 12.1 Å². The van der Waals surface area contributed by atoms with Gasteiger partial charge in [-0.15, -0.1) is 0 Å². The summed E-state index contributed by atoms with van der Waals surface area (Å²) >= 11 is 0. The molecule has 1 fully saturated rings. The smallest absolute Gasteiger partial charge is 0.124 e. The van der Waals surface area contributed by atoms with Gasteiger partial charge in [-0.25, -0.2) is 4.98 Å². The highest BCUT2D eigenvalue weighted by molar-refractivity contribution is 5.74. The van der Waals surface area contributed by atoms with E-state index in [9.17, 15) is 0 Å². The van der Waals surface area contributed by atoms with Crippen molar-refractivity contribution >= 4 is 11.0 Å². The normalized spacial score (nSPS) is 22.1. The van der Waals surface area contributed by atoms with Crippen molar-refractivity contribution in [3.05, 3.63) is 30.1 Å². The summed E-state index contributed by atoms with van der Waals surface area (Å²) in [6, 6.07) is 8.80. The molecule has 90 valence electrons. The minimum atomic E-state index is 0.231. The maximum Gasteiger partial charge on any atom is 0.124 e. The summed E-state index contributed by atoms with van der Waals surface area (Å²) in [5.74, 6) is 0.998. The Kier molecular flexibility index (Phi) is 2.82. The lowest BCUT2D eigenvalue weighted by Crippen LogP contribution is -2.32. The Balaban J connectivity index is 1.77. The first-order valence-corrected chi connectivity index (χ1v) is 6.11. The molecule has 4 heteroatoms. The molecule has 0 radical (unpaired) electrons. The van der Waals surface area contributed by atoms with Crippen molar-refractivity contribution in [1.82, 2.24) is 15.3 Å². The largest absolute Gasteiger partial charge is 0.380 e. The molecule has 3 rings (SSSR count). The number of ether oxygens (including phenoxy) is 1. The fourth-order valence-electron chi connectivity index (χ4n) is 2.28. The van der Waals surface area contributed by atoms with Gasteiger partial charge in [0, 0.05) is 12.6 Å². The number of fused-ring (bicyclic) bond motifs is 1. The summed E-state index contributed by atoms with van der Waals surface area (Å²) in [5.41, 5.74) is 2.12. The summed E-state index contributed by atoms with van der Waals surface area (Å²) in [7, 11) is 0.